The summed E-state index contributed by atoms with van der Waals surface area (Å²) in [5.74, 6) is 0.106. The Hall–Kier alpha value is -2.60. The van der Waals surface area contributed by atoms with E-state index in [0.717, 1.165) is 25.8 Å². The van der Waals surface area contributed by atoms with E-state index in [1.165, 1.54) is 22.9 Å². The molecule has 0 unspecified atom stereocenters. The molecule has 29 heavy (non-hydrogen) atoms. The van der Waals surface area contributed by atoms with Crippen LogP contribution in [0.25, 0.3) is 10.9 Å². The largest absolute Gasteiger partial charge is 0.337 e. The maximum atomic E-state index is 13.1. The molecule has 2 aliphatic rings. The van der Waals surface area contributed by atoms with Crippen LogP contribution in [-0.4, -0.2) is 32.2 Å². The molecule has 1 fully saturated rings. The van der Waals surface area contributed by atoms with Gasteiger partial charge in [0, 0.05) is 19.1 Å². The minimum absolute atomic E-state index is 0.00662. The number of benzene rings is 2. The minimum Gasteiger partial charge on any atom is -0.337 e. The standard InChI is InChI=1S/C23H23N3O2S/c1-15(21(27)25-13-12-16-6-2-3-7-17(16)14-25)29-23-24-20-9-5-4-8-19(20)22(28)26(23)18-10-11-18/h2-9,15,18H,10-14H2,1H3/t15-/m0/s1. The van der Waals surface area contributed by atoms with Crippen LogP contribution in [0.15, 0.2) is 58.5 Å². The molecular formula is C23H23N3O2S. The Kier molecular flexibility index (Phi) is 4.66. The van der Waals surface area contributed by atoms with Crippen LogP contribution >= 0.6 is 11.8 Å². The normalized spacial score (nSPS) is 17.2. The molecule has 0 saturated heterocycles. The lowest BCUT2D eigenvalue weighted by Gasteiger charge is -2.30. The van der Waals surface area contributed by atoms with Gasteiger partial charge in [-0.25, -0.2) is 4.98 Å². The molecule has 1 amide bonds. The molecule has 1 aliphatic heterocycles. The van der Waals surface area contributed by atoms with Gasteiger partial charge in [-0.3, -0.25) is 14.2 Å². The van der Waals surface area contributed by atoms with Gasteiger partial charge in [-0.05, 0) is 49.4 Å². The van der Waals surface area contributed by atoms with Crippen molar-refractivity contribution in [3.63, 3.8) is 0 Å². The Morgan fingerprint density at radius 3 is 2.62 bits per heavy atom. The first-order valence-electron chi connectivity index (χ1n) is 10.2. The highest BCUT2D eigenvalue weighted by Gasteiger charge is 2.31. The fourth-order valence-electron chi connectivity index (χ4n) is 4.01. The number of para-hydroxylation sites is 1. The molecule has 3 aromatic rings. The van der Waals surface area contributed by atoms with Crippen LogP contribution in [0.3, 0.4) is 0 Å². The molecular weight excluding hydrogens is 382 g/mol. The maximum absolute atomic E-state index is 13.1. The van der Waals surface area contributed by atoms with Gasteiger partial charge in [0.25, 0.3) is 5.56 Å². The summed E-state index contributed by atoms with van der Waals surface area (Å²) in [7, 11) is 0. The summed E-state index contributed by atoms with van der Waals surface area (Å²) in [6, 6.07) is 16.0. The van der Waals surface area contributed by atoms with Crippen molar-refractivity contribution in [1.29, 1.82) is 0 Å². The van der Waals surface area contributed by atoms with E-state index < -0.39 is 0 Å². The smallest absolute Gasteiger partial charge is 0.262 e. The van der Waals surface area contributed by atoms with Crippen molar-refractivity contribution in [2.24, 2.45) is 0 Å². The molecule has 5 rings (SSSR count). The number of fused-ring (bicyclic) bond motifs is 2. The maximum Gasteiger partial charge on any atom is 0.262 e. The fraction of sp³-hybridized carbons (Fsp3) is 0.348. The van der Waals surface area contributed by atoms with Crippen LogP contribution in [0, 0.1) is 0 Å². The summed E-state index contributed by atoms with van der Waals surface area (Å²) in [4.78, 5) is 32.9. The molecule has 0 radical (unpaired) electrons. The lowest BCUT2D eigenvalue weighted by molar-refractivity contribution is -0.131. The lowest BCUT2D eigenvalue weighted by Crippen LogP contribution is -2.40. The van der Waals surface area contributed by atoms with E-state index in [1.54, 1.807) is 0 Å². The van der Waals surface area contributed by atoms with Gasteiger partial charge in [0.05, 0.1) is 16.2 Å². The summed E-state index contributed by atoms with van der Waals surface area (Å²) in [6.45, 7) is 3.31. The third-order valence-electron chi connectivity index (χ3n) is 5.76. The van der Waals surface area contributed by atoms with E-state index in [4.69, 9.17) is 4.98 Å². The number of rotatable bonds is 4. The molecule has 1 atom stereocenters. The van der Waals surface area contributed by atoms with Crippen LogP contribution in [0.4, 0.5) is 0 Å². The van der Waals surface area contributed by atoms with E-state index in [2.05, 4.69) is 18.2 Å². The summed E-state index contributed by atoms with van der Waals surface area (Å²) in [5, 5.41) is 1.02. The van der Waals surface area contributed by atoms with Gasteiger partial charge in [-0.15, -0.1) is 0 Å². The van der Waals surface area contributed by atoms with Crippen LogP contribution < -0.4 is 5.56 Å². The molecule has 0 bridgehead atoms. The number of carbonyl (C=O) groups excluding carboxylic acids is 1. The summed E-state index contributed by atoms with van der Waals surface area (Å²) < 4.78 is 1.81. The van der Waals surface area contributed by atoms with Gasteiger partial charge >= 0.3 is 0 Å². The van der Waals surface area contributed by atoms with E-state index in [0.29, 0.717) is 22.6 Å². The van der Waals surface area contributed by atoms with Crippen LogP contribution in [0.5, 0.6) is 0 Å². The molecule has 0 N–H and O–H groups in total. The van der Waals surface area contributed by atoms with E-state index in [1.807, 2.05) is 46.7 Å². The van der Waals surface area contributed by atoms with Gasteiger partial charge in [0.15, 0.2) is 5.16 Å². The number of carbonyl (C=O) groups is 1. The van der Waals surface area contributed by atoms with Gasteiger partial charge in [0.1, 0.15) is 0 Å². The van der Waals surface area contributed by atoms with Crippen molar-refractivity contribution >= 4 is 28.6 Å². The number of amides is 1. The SMILES string of the molecule is C[C@H](Sc1nc2ccccc2c(=O)n1C1CC1)C(=O)N1CCc2ccccc2C1. The Labute approximate surface area is 173 Å². The Morgan fingerprint density at radius 2 is 1.83 bits per heavy atom. The van der Waals surface area contributed by atoms with Gasteiger partial charge in [0.2, 0.25) is 5.91 Å². The molecule has 1 saturated carbocycles. The average molecular weight is 406 g/mol. The number of hydrogen-bond donors (Lipinski definition) is 0. The summed E-state index contributed by atoms with van der Waals surface area (Å²) >= 11 is 1.41. The molecule has 148 valence electrons. The van der Waals surface area contributed by atoms with Gasteiger partial charge < -0.3 is 4.90 Å². The Bertz CT molecular complexity index is 1150. The van der Waals surface area contributed by atoms with Crippen molar-refractivity contribution < 1.29 is 4.79 Å². The highest BCUT2D eigenvalue weighted by Crippen LogP contribution is 2.38. The molecule has 0 spiro atoms. The predicted octanol–water partition coefficient (Wildman–Crippen LogP) is 3.80. The molecule has 5 nitrogen and oxygen atoms in total. The number of hydrogen-bond acceptors (Lipinski definition) is 4. The first kappa shape index (κ1) is 18.4. The monoisotopic (exact) mass is 405 g/mol. The average Bonchev–Trinajstić information content (AvgIpc) is 3.58. The molecule has 2 heterocycles. The molecule has 2 aromatic carbocycles. The third-order valence-corrected chi connectivity index (χ3v) is 6.81. The summed E-state index contributed by atoms with van der Waals surface area (Å²) in [6.07, 6.45) is 2.89. The molecule has 1 aromatic heterocycles. The van der Waals surface area contributed by atoms with Crippen molar-refractivity contribution in [2.75, 3.05) is 6.54 Å². The van der Waals surface area contributed by atoms with Crippen molar-refractivity contribution in [1.82, 2.24) is 14.5 Å². The quantitative estimate of drug-likeness (QED) is 0.489. The lowest BCUT2D eigenvalue weighted by atomic mass is 10.00. The number of thioether (sulfide) groups is 1. The Balaban J connectivity index is 1.41. The number of aromatic nitrogens is 2. The van der Waals surface area contributed by atoms with Crippen LogP contribution in [0.2, 0.25) is 0 Å². The zero-order chi connectivity index (χ0) is 20.0. The molecule has 6 heteroatoms. The zero-order valence-electron chi connectivity index (χ0n) is 16.4. The second-order valence-corrected chi connectivity index (χ2v) is 9.16. The highest BCUT2D eigenvalue weighted by molar-refractivity contribution is 8.00. The fourth-order valence-corrected chi connectivity index (χ4v) is 5.08. The van der Waals surface area contributed by atoms with Crippen LogP contribution in [-0.2, 0) is 17.8 Å². The topological polar surface area (TPSA) is 55.2 Å². The minimum atomic E-state index is -0.293. The third kappa shape index (κ3) is 3.46. The van der Waals surface area contributed by atoms with Crippen LogP contribution in [0.1, 0.15) is 36.9 Å². The van der Waals surface area contributed by atoms with Gasteiger partial charge in [-0.1, -0.05) is 48.2 Å². The van der Waals surface area contributed by atoms with E-state index >= 15 is 0 Å². The van der Waals surface area contributed by atoms with E-state index in [9.17, 15) is 9.59 Å². The van der Waals surface area contributed by atoms with Crippen molar-refractivity contribution in [3.05, 3.63) is 70.0 Å². The van der Waals surface area contributed by atoms with Crippen molar-refractivity contribution in [3.8, 4) is 0 Å². The first-order chi connectivity index (χ1) is 14.1. The van der Waals surface area contributed by atoms with Gasteiger partial charge in [-0.2, -0.15) is 0 Å². The second kappa shape index (κ2) is 7.34. The number of nitrogens with zero attached hydrogens (tertiary/aromatic N) is 3. The van der Waals surface area contributed by atoms with Crippen molar-refractivity contribution in [2.45, 2.75) is 49.2 Å². The second-order valence-electron chi connectivity index (χ2n) is 7.86. The highest BCUT2D eigenvalue weighted by atomic mass is 32.2. The zero-order valence-corrected chi connectivity index (χ0v) is 17.2. The van der Waals surface area contributed by atoms with E-state index in [-0.39, 0.29) is 22.8 Å². The summed E-state index contributed by atoms with van der Waals surface area (Å²) in [5.41, 5.74) is 3.26. The first-order valence-corrected chi connectivity index (χ1v) is 11.0. The molecule has 1 aliphatic carbocycles. The predicted molar refractivity (Wildman–Crippen MR) is 115 cm³/mol. The Morgan fingerprint density at radius 1 is 1.10 bits per heavy atom.